The van der Waals surface area contributed by atoms with Gasteiger partial charge in [-0.2, -0.15) is 0 Å². The van der Waals surface area contributed by atoms with E-state index < -0.39 is 11.0 Å². The summed E-state index contributed by atoms with van der Waals surface area (Å²) >= 11 is 0. The first-order valence-electron chi connectivity index (χ1n) is 8.96. The number of likely N-dealkylation sites (tertiary alicyclic amines) is 1. The topological polar surface area (TPSA) is 63.9 Å². The zero-order chi connectivity index (χ0) is 16.8. The molecule has 3 atom stereocenters. The van der Waals surface area contributed by atoms with E-state index >= 15 is 0 Å². The number of phenols is 2. The summed E-state index contributed by atoms with van der Waals surface area (Å²) in [5.74, 6) is -0.0655. The number of hydrogen-bond acceptors (Lipinski definition) is 4. The summed E-state index contributed by atoms with van der Waals surface area (Å²) in [6.07, 6.45) is 5.40. The SMILES string of the molecule is CC.CN1CCC23CCCCC2(O)C1Cc1ccc(O)c(O)c13. The predicted molar refractivity (Wildman–Crippen MR) is 91.0 cm³/mol. The number of phenolic OH excluding ortho intramolecular Hbond substituents is 2. The molecule has 1 heterocycles. The number of aromatic hydroxyl groups is 2. The van der Waals surface area contributed by atoms with Gasteiger partial charge in [0.2, 0.25) is 0 Å². The van der Waals surface area contributed by atoms with Crippen LogP contribution in [0.2, 0.25) is 0 Å². The van der Waals surface area contributed by atoms with Crippen molar-refractivity contribution in [1.82, 2.24) is 4.90 Å². The Morgan fingerprint density at radius 3 is 2.52 bits per heavy atom. The average Bonchev–Trinajstić information content (AvgIpc) is 2.56. The first-order chi connectivity index (χ1) is 11.0. The monoisotopic (exact) mass is 319 g/mol. The van der Waals surface area contributed by atoms with Crippen molar-refractivity contribution in [3.05, 3.63) is 23.3 Å². The number of likely N-dealkylation sites (N-methyl/N-ethyl adjacent to an activating group) is 1. The van der Waals surface area contributed by atoms with Crippen molar-refractivity contribution in [2.45, 2.75) is 69.4 Å². The maximum Gasteiger partial charge on any atom is 0.161 e. The van der Waals surface area contributed by atoms with Crippen molar-refractivity contribution in [2.75, 3.05) is 13.6 Å². The van der Waals surface area contributed by atoms with Crippen LogP contribution in [0.1, 0.15) is 57.1 Å². The molecule has 1 saturated heterocycles. The maximum atomic E-state index is 11.6. The summed E-state index contributed by atoms with van der Waals surface area (Å²) in [7, 11) is 2.09. The number of fused-ring (bicyclic) bond motifs is 1. The van der Waals surface area contributed by atoms with Gasteiger partial charge in [-0.05, 0) is 50.9 Å². The molecule has 2 bridgehead atoms. The van der Waals surface area contributed by atoms with Crippen molar-refractivity contribution in [3.8, 4) is 11.5 Å². The quantitative estimate of drug-likeness (QED) is 0.643. The number of rotatable bonds is 0. The van der Waals surface area contributed by atoms with Gasteiger partial charge in [0.25, 0.3) is 0 Å². The highest BCUT2D eigenvalue weighted by molar-refractivity contribution is 5.57. The molecule has 2 fully saturated rings. The number of hydrogen-bond donors (Lipinski definition) is 3. The van der Waals surface area contributed by atoms with Crippen LogP contribution in [-0.2, 0) is 11.8 Å². The van der Waals surface area contributed by atoms with Crippen molar-refractivity contribution in [1.29, 1.82) is 0 Å². The molecule has 23 heavy (non-hydrogen) atoms. The summed E-state index contributed by atoms with van der Waals surface area (Å²) in [5, 5.41) is 32.0. The summed E-state index contributed by atoms with van der Waals surface area (Å²) < 4.78 is 0. The lowest BCUT2D eigenvalue weighted by molar-refractivity contribution is -0.161. The zero-order valence-corrected chi connectivity index (χ0v) is 14.5. The molecule has 1 saturated carbocycles. The van der Waals surface area contributed by atoms with Crippen LogP contribution >= 0.6 is 0 Å². The number of benzene rings is 1. The van der Waals surface area contributed by atoms with E-state index in [4.69, 9.17) is 0 Å². The van der Waals surface area contributed by atoms with Gasteiger partial charge in [0.05, 0.1) is 5.60 Å². The molecule has 0 radical (unpaired) electrons. The van der Waals surface area contributed by atoms with Crippen LogP contribution in [0, 0.1) is 0 Å². The molecule has 2 aliphatic carbocycles. The maximum absolute atomic E-state index is 11.6. The lowest BCUT2D eigenvalue weighted by Gasteiger charge is -2.63. The van der Waals surface area contributed by atoms with E-state index in [-0.39, 0.29) is 17.5 Å². The minimum Gasteiger partial charge on any atom is -0.504 e. The zero-order valence-electron chi connectivity index (χ0n) is 14.5. The molecule has 0 aromatic heterocycles. The Morgan fingerprint density at radius 1 is 1.09 bits per heavy atom. The van der Waals surface area contributed by atoms with Crippen LogP contribution in [0.5, 0.6) is 11.5 Å². The summed E-state index contributed by atoms with van der Waals surface area (Å²) in [4.78, 5) is 2.27. The van der Waals surface area contributed by atoms with Crippen molar-refractivity contribution in [3.63, 3.8) is 0 Å². The summed E-state index contributed by atoms with van der Waals surface area (Å²) in [6, 6.07) is 3.61. The Labute approximate surface area is 138 Å². The smallest absolute Gasteiger partial charge is 0.161 e. The minimum absolute atomic E-state index is 0.00386. The Hall–Kier alpha value is -1.26. The van der Waals surface area contributed by atoms with Gasteiger partial charge in [0.1, 0.15) is 0 Å². The fraction of sp³-hybridized carbons (Fsp3) is 0.684. The van der Waals surface area contributed by atoms with Gasteiger partial charge >= 0.3 is 0 Å². The third-order valence-corrected chi connectivity index (χ3v) is 6.35. The highest BCUT2D eigenvalue weighted by atomic mass is 16.3. The van der Waals surface area contributed by atoms with Gasteiger partial charge in [0, 0.05) is 17.0 Å². The Morgan fingerprint density at radius 2 is 1.78 bits per heavy atom. The lowest BCUT2D eigenvalue weighted by atomic mass is 9.49. The Balaban J connectivity index is 0.000000753. The van der Waals surface area contributed by atoms with E-state index in [0.717, 1.165) is 56.2 Å². The van der Waals surface area contributed by atoms with E-state index in [0.29, 0.717) is 0 Å². The number of piperidine rings is 1. The van der Waals surface area contributed by atoms with Crippen molar-refractivity contribution >= 4 is 0 Å². The van der Waals surface area contributed by atoms with Crippen LogP contribution in [0.25, 0.3) is 0 Å². The highest BCUT2D eigenvalue weighted by Gasteiger charge is 2.63. The van der Waals surface area contributed by atoms with E-state index in [1.807, 2.05) is 19.9 Å². The van der Waals surface area contributed by atoms with Crippen LogP contribution < -0.4 is 0 Å². The number of aliphatic hydroxyl groups is 1. The largest absolute Gasteiger partial charge is 0.504 e. The molecular formula is C19H29NO3. The van der Waals surface area contributed by atoms with Gasteiger partial charge in [-0.25, -0.2) is 0 Å². The second-order valence-corrected chi connectivity index (χ2v) is 7.13. The molecule has 1 aromatic rings. The fourth-order valence-electron chi connectivity index (χ4n) is 5.32. The molecule has 3 unspecified atom stereocenters. The number of nitrogens with zero attached hydrogens (tertiary/aromatic N) is 1. The Kier molecular flexibility index (Phi) is 4.09. The second kappa shape index (κ2) is 5.67. The van der Waals surface area contributed by atoms with Crippen molar-refractivity contribution in [2.24, 2.45) is 0 Å². The molecule has 3 aliphatic rings. The molecule has 1 aromatic carbocycles. The minimum atomic E-state index is -0.781. The van der Waals surface area contributed by atoms with Gasteiger partial charge < -0.3 is 20.2 Å². The summed E-state index contributed by atoms with van der Waals surface area (Å²) in [5.41, 5.74) is 0.748. The molecule has 4 nitrogen and oxygen atoms in total. The molecular weight excluding hydrogens is 290 g/mol. The summed E-state index contributed by atoms with van der Waals surface area (Å²) in [6.45, 7) is 4.93. The molecule has 0 amide bonds. The first-order valence-corrected chi connectivity index (χ1v) is 8.96. The molecule has 4 rings (SSSR count). The lowest BCUT2D eigenvalue weighted by Crippen LogP contribution is -2.71. The van der Waals surface area contributed by atoms with Gasteiger partial charge in [-0.1, -0.05) is 32.8 Å². The van der Waals surface area contributed by atoms with Gasteiger partial charge in [-0.15, -0.1) is 0 Å². The highest BCUT2D eigenvalue weighted by Crippen LogP contribution is 2.60. The van der Waals surface area contributed by atoms with E-state index in [1.54, 1.807) is 6.07 Å². The van der Waals surface area contributed by atoms with E-state index in [1.165, 1.54) is 0 Å². The van der Waals surface area contributed by atoms with Crippen LogP contribution in [0.15, 0.2) is 12.1 Å². The average molecular weight is 319 g/mol. The molecule has 4 heteroatoms. The van der Waals surface area contributed by atoms with Crippen molar-refractivity contribution < 1.29 is 15.3 Å². The van der Waals surface area contributed by atoms with Crippen LogP contribution in [0.4, 0.5) is 0 Å². The molecule has 1 aliphatic heterocycles. The fourth-order valence-corrected chi connectivity index (χ4v) is 5.32. The van der Waals surface area contributed by atoms with Crippen LogP contribution in [0.3, 0.4) is 0 Å². The first kappa shape index (κ1) is 16.6. The molecule has 3 N–H and O–H groups in total. The third-order valence-electron chi connectivity index (χ3n) is 6.35. The van der Waals surface area contributed by atoms with Crippen LogP contribution in [-0.4, -0.2) is 45.5 Å². The van der Waals surface area contributed by atoms with Gasteiger partial charge in [-0.3, -0.25) is 0 Å². The second-order valence-electron chi connectivity index (χ2n) is 7.13. The molecule has 128 valence electrons. The molecule has 0 spiro atoms. The van der Waals surface area contributed by atoms with E-state index in [2.05, 4.69) is 11.9 Å². The standard InChI is InChI=1S/C17H23NO3.C2H6/c1-18-9-8-16-6-2-3-7-17(16,21)13(18)10-11-4-5-12(19)15(20)14(11)16;1-2/h4-5,13,19-21H,2-3,6-10H2,1H3;1-2H3. The van der Waals surface area contributed by atoms with E-state index in [9.17, 15) is 15.3 Å². The Bertz CT molecular complexity index is 603. The third kappa shape index (κ3) is 2.04. The predicted octanol–water partition coefficient (Wildman–Crippen LogP) is 2.93. The normalized spacial score (nSPS) is 35.6. The van der Waals surface area contributed by atoms with Gasteiger partial charge in [0.15, 0.2) is 11.5 Å².